The summed E-state index contributed by atoms with van der Waals surface area (Å²) in [6.07, 6.45) is 1.31. The second-order valence-corrected chi connectivity index (χ2v) is 4.54. The zero-order chi connectivity index (χ0) is 11.9. The molecule has 1 aliphatic carbocycles. The molecular weight excluding hydrogens is 228 g/mol. The van der Waals surface area contributed by atoms with Crippen molar-refractivity contribution in [3.63, 3.8) is 0 Å². The van der Waals surface area contributed by atoms with E-state index in [-0.39, 0.29) is 0 Å². The highest BCUT2D eigenvalue weighted by Gasteiger charge is 2.54. The zero-order valence-electron chi connectivity index (χ0n) is 9.21. The van der Waals surface area contributed by atoms with Gasteiger partial charge in [0, 0.05) is 10.6 Å². The van der Waals surface area contributed by atoms with E-state index in [0.29, 0.717) is 23.6 Å². The highest BCUT2D eigenvalue weighted by Crippen LogP contribution is 2.53. The van der Waals surface area contributed by atoms with Gasteiger partial charge < -0.3 is 9.84 Å². The summed E-state index contributed by atoms with van der Waals surface area (Å²) in [5.74, 6) is -0.182. The van der Waals surface area contributed by atoms with Crippen molar-refractivity contribution in [2.45, 2.75) is 25.2 Å². The number of hydrogen-bond donors (Lipinski definition) is 1. The number of carboxylic acids is 1. The van der Waals surface area contributed by atoms with E-state index in [1.807, 2.05) is 6.92 Å². The van der Waals surface area contributed by atoms with Crippen molar-refractivity contribution in [2.24, 2.45) is 0 Å². The van der Waals surface area contributed by atoms with Gasteiger partial charge in [-0.1, -0.05) is 11.6 Å². The summed E-state index contributed by atoms with van der Waals surface area (Å²) < 4.78 is 5.24. The Kier molecular flexibility index (Phi) is 2.58. The maximum Gasteiger partial charge on any atom is 0.314 e. The van der Waals surface area contributed by atoms with E-state index < -0.39 is 11.4 Å². The minimum absolute atomic E-state index is 0.586. The number of aliphatic carboxylic acids is 1. The molecule has 1 aromatic rings. The first-order valence-electron chi connectivity index (χ1n) is 5.10. The molecule has 0 atom stereocenters. The Hall–Kier alpha value is -1.22. The molecular formula is C12H13ClO3. The van der Waals surface area contributed by atoms with Gasteiger partial charge in [0.1, 0.15) is 5.75 Å². The maximum absolute atomic E-state index is 11.3. The summed E-state index contributed by atoms with van der Waals surface area (Å²) in [6.45, 7) is 1.84. The van der Waals surface area contributed by atoms with Gasteiger partial charge in [-0.05, 0) is 37.5 Å². The van der Waals surface area contributed by atoms with Gasteiger partial charge in [-0.15, -0.1) is 0 Å². The van der Waals surface area contributed by atoms with Crippen LogP contribution in [0.25, 0.3) is 0 Å². The number of methoxy groups -OCH3 is 1. The summed E-state index contributed by atoms with van der Waals surface area (Å²) in [6, 6.07) is 3.46. The van der Waals surface area contributed by atoms with Crippen molar-refractivity contribution in [3.05, 3.63) is 28.3 Å². The Morgan fingerprint density at radius 3 is 2.56 bits per heavy atom. The second-order valence-electron chi connectivity index (χ2n) is 4.14. The molecule has 0 aliphatic heterocycles. The fourth-order valence-corrected chi connectivity index (χ4v) is 2.28. The van der Waals surface area contributed by atoms with Crippen LogP contribution in [-0.2, 0) is 10.2 Å². The van der Waals surface area contributed by atoms with Gasteiger partial charge >= 0.3 is 5.97 Å². The lowest BCUT2D eigenvalue weighted by atomic mass is 9.91. The van der Waals surface area contributed by atoms with Crippen LogP contribution in [0.2, 0.25) is 5.02 Å². The highest BCUT2D eigenvalue weighted by atomic mass is 35.5. The highest BCUT2D eigenvalue weighted by molar-refractivity contribution is 6.31. The van der Waals surface area contributed by atoms with Gasteiger partial charge in [0.15, 0.2) is 0 Å². The molecule has 86 valence electrons. The van der Waals surface area contributed by atoms with Crippen LogP contribution in [0.1, 0.15) is 24.0 Å². The van der Waals surface area contributed by atoms with Crippen LogP contribution in [0.15, 0.2) is 12.1 Å². The Labute approximate surface area is 99.0 Å². The third kappa shape index (κ3) is 1.47. The van der Waals surface area contributed by atoms with Crippen molar-refractivity contribution in [3.8, 4) is 5.75 Å². The van der Waals surface area contributed by atoms with E-state index in [1.54, 1.807) is 19.2 Å². The van der Waals surface area contributed by atoms with Crippen LogP contribution >= 0.6 is 11.6 Å². The molecule has 0 spiro atoms. The summed E-state index contributed by atoms with van der Waals surface area (Å²) in [5.41, 5.74) is 0.760. The predicted molar refractivity (Wildman–Crippen MR) is 61.3 cm³/mol. The van der Waals surface area contributed by atoms with Crippen molar-refractivity contribution < 1.29 is 14.6 Å². The van der Waals surface area contributed by atoms with Gasteiger partial charge in [-0.2, -0.15) is 0 Å². The lowest BCUT2D eigenvalue weighted by Gasteiger charge is -2.18. The molecule has 0 unspecified atom stereocenters. The van der Waals surface area contributed by atoms with Crippen LogP contribution in [-0.4, -0.2) is 18.2 Å². The van der Waals surface area contributed by atoms with E-state index in [2.05, 4.69) is 0 Å². The monoisotopic (exact) mass is 240 g/mol. The number of halogens is 1. The third-order valence-electron chi connectivity index (χ3n) is 3.22. The molecule has 0 saturated heterocycles. The summed E-state index contributed by atoms with van der Waals surface area (Å²) in [7, 11) is 1.55. The number of ether oxygens (including phenoxy) is 1. The van der Waals surface area contributed by atoms with Crippen molar-refractivity contribution >= 4 is 17.6 Å². The van der Waals surface area contributed by atoms with Gasteiger partial charge in [-0.25, -0.2) is 0 Å². The lowest BCUT2D eigenvalue weighted by Crippen LogP contribution is -2.21. The Morgan fingerprint density at radius 1 is 1.50 bits per heavy atom. The number of hydrogen-bond acceptors (Lipinski definition) is 2. The normalized spacial score (nSPS) is 16.9. The molecule has 1 aliphatic rings. The molecule has 0 bridgehead atoms. The summed E-state index contributed by atoms with van der Waals surface area (Å²) in [5, 5.41) is 9.88. The topological polar surface area (TPSA) is 46.5 Å². The summed E-state index contributed by atoms with van der Waals surface area (Å²) in [4.78, 5) is 11.3. The van der Waals surface area contributed by atoms with Gasteiger partial charge in [0.25, 0.3) is 0 Å². The molecule has 1 saturated carbocycles. The van der Waals surface area contributed by atoms with Crippen LogP contribution in [0.4, 0.5) is 0 Å². The van der Waals surface area contributed by atoms with Crippen LogP contribution in [0.3, 0.4) is 0 Å². The predicted octanol–water partition coefficient (Wildman–Crippen LogP) is 2.77. The first kappa shape index (κ1) is 11.3. The molecule has 16 heavy (non-hydrogen) atoms. The fraction of sp³-hybridized carbons (Fsp3) is 0.417. The smallest absolute Gasteiger partial charge is 0.314 e. The van der Waals surface area contributed by atoms with Crippen molar-refractivity contribution in [1.29, 1.82) is 0 Å². The largest absolute Gasteiger partial charge is 0.496 e. The van der Waals surface area contributed by atoms with E-state index in [0.717, 1.165) is 11.1 Å². The average Bonchev–Trinajstić information content (AvgIpc) is 3.03. The van der Waals surface area contributed by atoms with E-state index in [1.165, 1.54) is 0 Å². The van der Waals surface area contributed by atoms with E-state index in [9.17, 15) is 9.90 Å². The molecule has 0 radical (unpaired) electrons. The molecule has 0 amide bonds. The van der Waals surface area contributed by atoms with Gasteiger partial charge in [0.05, 0.1) is 12.5 Å². The summed E-state index contributed by atoms with van der Waals surface area (Å²) >= 11 is 6.03. The molecule has 3 nitrogen and oxygen atoms in total. The number of carboxylic acid groups (broad SMARTS) is 1. The number of rotatable bonds is 3. The molecule has 0 heterocycles. The Balaban J connectivity index is 2.63. The first-order valence-corrected chi connectivity index (χ1v) is 5.47. The minimum atomic E-state index is -0.795. The van der Waals surface area contributed by atoms with E-state index in [4.69, 9.17) is 16.3 Å². The first-order chi connectivity index (χ1) is 7.53. The zero-order valence-corrected chi connectivity index (χ0v) is 9.97. The molecule has 0 aromatic heterocycles. The lowest BCUT2D eigenvalue weighted by molar-refractivity contribution is -0.140. The Bertz CT molecular complexity index is 450. The van der Waals surface area contributed by atoms with Crippen molar-refractivity contribution in [1.82, 2.24) is 0 Å². The van der Waals surface area contributed by atoms with Crippen LogP contribution in [0.5, 0.6) is 5.75 Å². The molecule has 1 aromatic carbocycles. The standard InChI is InChI=1S/C12H13ClO3/c1-7-8(13)3-4-9(16-2)10(7)12(5-6-12)11(14)15/h3-4H,5-6H2,1-2H3,(H,14,15). The average molecular weight is 241 g/mol. The van der Waals surface area contributed by atoms with Gasteiger partial charge in [0.2, 0.25) is 0 Å². The van der Waals surface area contributed by atoms with E-state index >= 15 is 0 Å². The quantitative estimate of drug-likeness (QED) is 0.884. The number of benzene rings is 1. The van der Waals surface area contributed by atoms with Gasteiger partial charge in [-0.3, -0.25) is 4.79 Å². The Morgan fingerprint density at radius 2 is 2.12 bits per heavy atom. The second kappa shape index (κ2) is 3.67. The number of carbonyl (C=O) groups is 1. The fourth-order valence-electron chi connectivity index (χ4n) is 2.12. The van der Waals surface area contributed by atoms with Crippen LogP contribution < -0.4 is 4.74 Å². The molecule has 4 heteroatoms. The third-order valence-corrected chi connectivity index (χ3v) is 3.63. The van der Waals surface area contributed by atoms with Crippen LogP contribution in [0, 0.1) is 6.92 Å². The maximum atomic E-state index is 11.3. The SMILES string of the molecule is COc1ccc(Cl)c(C)c1C1(C(=O)O)CC1. The minimum Gasteiger partial charge on any atom is -0.496 e. The molecule has 1 fully saturated rings. The molecule has 2 rings (SSSR count). The molecule has 1 N–H and O–H groups in total. The van der Waals surface area contributed by atoms with Crippen molar-refractivity contribution in [2.75, 3.05) is 7.11 Å².